The van der Waals surface area contributed by atoms with E-state index >= 15 is 0 Å². The highest BCUT2D eigenvalue weighted by atomic mass is 127. The third kappa shape index (κ3) is 15.7. The second kappa shape index (κ2) is 30.9. The molecule has 8 aromatic heterocycles. The van der Waals surface area contributed by atoms with Crippen LogP contribution in [-0.4, -0.2) is 69.6 Å². The van der Waals surface area contributed by atoms with E-state index in [4.69, 9.17) is 50.9 Å². The van der Waals surface area contributed by atoms with E-state index in [1.807, 2.05) is 93.8 Å². The van der Waals surface area contributed by atoms with Crippen LogP contribution in [0, 0.1) is 14.1 Å². The third-order valence-corrected chi connectivity index (χ3v) is 19.4. The van der Waals surface area contributed by atoms with Crippen molar-refractivity contribution in [3.8, 4) is 22.7 Å². The number of fused-ring (bicyclic) bond motifs is 4. The lowest BCUT2D eigenvalue weighted by Gasteiger charge is -2.11. The lowest BCUT2D eigenvalue weighted by molar-refractivity contribution is 0.0519. The Morgan fingerprint density at radius 3 is 1.27 bits per heavy atom. The zero-order valence-corrected chi connectivity index (χ0v) is 60.9. The van der Waals surface area contributed by atoms with Gasteiger partial charge in [-0.15, -0.1) is 45.3 Å². The minimum Gasteiger partial charge on any atom is -0.461 e. The number of nitrogens with zero attached hydrogens (tertiary/aromatic N) is 8. The number of hydrogen-bond donors (Lipinski definition) is 6. The summed E-state index contributed by atoms with van der Waals surface area (Å²) in [5.41, 5.74) is 28.1. The number of carbonyl (C=O) groups excluding carboxylic acids is 3. The molecule has 2 amide bonds. The molecule has 0 saturated heterocycles. The molecule has 0 saturated carbocycles. The minimum atomic E-state index is -0.574. The van der Waals surface area contributed by atoms with Crippen molar-refractivity contribution in [2.45, 2.75) is 47.2 Å². The molecule has 0 atom stereocenters. The number of hydrogen-bond acceptors (Lipinski definition) is 20. The fraction of sp³-hybridized carbons (Fsp3) is 0.119. The topological polar surface area (TPSA) is 328 Å². The number of esters is 1. The van der Waals surface area contributed by atoms with E-state index in [9.17, 15) is 33.6 Å². The Morgan fingerprint density at radius 2 is 0.876 bits per heavy atom. The van der Waals surface area contributed by atoms with Crippen LogP contribution >= 0.6 is 114 Å². The van der Waals surface area contributed by atoms with Gasteiger partial charge in [-0.1, -0.05) is 59.1 Å². The summed E-state index contributed by atoms with van der Waals surface area (Å²) in [5, 5.41) is 36.2. The van der Waals surface area contributed by atoms with E-state index in [0.29, 0.717) is 97.0 Å². The number of allylic oxidation sites excluding steroid dienone is 1. The van der Waals surface area contributed by atoms with Gasteiger partial charge in [0.2, 0.25) is 0 Å². The number of thiophene rings is 4. The number of ether oxygens (including phenoxy) is 1. The number of aromatic nitrogens is 8. The van der Waals surface area contributed by atoms with Crippen molar-refractivity contribution in [1.29, 1.82) is 0 Å². The monoisotopic (exact) mass is 1640 g/mol. The maximum absolute atomic E-state index is 12.9. The number of halogens is 4. The number of nitrogen functional groups attached to an aromatic ring is 4. The van der Waals surface area contributed by atoms with Crippen LogP contribution in [-0.2, 0) is 11.3 Å². The van der Waals surface area contributed by atoms with Gasteiger partial charge in [-0.3, -0.25) is 28.8 Å². The first-order valence-electron chi connectivity index (χ1n) is 29.1. The first-order chi connectivity index (χ1) is 46.5. The molecule has 0 aliphatic carbocycles. The number of nitrogens with one attached hydrogen (secondary N) is 2. The van der Waals surface area contributed by atoms with E-state index in [1.54, 1.807) is 95.9 Å². The van der Waals surface area contributed by atoms with E-state index in [-0.39, 0.29) is 63.8 Å². The molecule has 97 heavy (non-hydrogen) atoms. The summed E-state index contributed by atoms with van der Waals surface area (Å²) in [7, 11) is 0. The Balaban J connectivity index is 0.000000141. The van der Waals surface area contributed by atoms with Crippen molar-refractivity contribution in [2.24, 2.45) is 0 Å². The Bertz CT molecular complexity index is 5420. The quantitative estimate of drug-likeness (QED) is 0.0489. The Hall–Kier alpha value is -9.15. The molecular formula is C67H56Cl2I2N14O8S4. The van der Waals surface area contributed by atoms with E-state index in [0.717, 1.165) is 29.3 Å². The molecule has 0 radical (unpaired) electrons. The van der Waals surface area contributed by atoms with Gasteiger partial charge in [0.25, 0.3) is 34.1 Å². The Morgan fingerprint density at radius 1 is 0.526 bits per heavy atom. The molecule has 0 spiro atoms. The van der Waals surface area contributed by atoms with Gasteiger partial charge in [-0.2, -0.15) is 39.1 Å². The second-order valence-corrected chi connectivity index (χ2v) is 28.3. The number of aryl methyl sites for hydroxylation is 1. The van der Waals surface area contributed by atoms with Crippen LogP contribution in [0.25, 0.3) is 71.9 Å². The Kier molecular flexibility index (Phi) is 22.5. The van der Waals surface area contributed by atoms with Gasteiger partial charge in [0.1, 0.15) is 0 Å². The van der Waals surface area contributed by atoms with E-state index in [1.165, 1.54) is 64.1 Å². The number of nitrogens with two attached hydrogens (primary N) is 4. The van der Waals surface area contributed by atoms with Gasteiger partial charge in [0, 0.05) is 72.8 Å². The van der Waals surface area contributed by atoms with Crippen molar-refractivity contribution >= 4 is 201 Å². The molecule has 10 N–H and O–H groups in total. The molecule has 0 aliphatic rings. The lowest BCUT2D eigenvalue weighted by Crippen LogP contribution is -2.33. The summed E-state index contributed by atoms with van der Waals surface area (Å²) < 4.78 is 12.1. The van der Waals surface area contributed by atoms with Gasteiger partial charge >= 0.3 is 5.97 Å². The van der Waals surface area contributed by atoms with Crippen LogP contribution in [0.2, 0.25) is 10.0 Å². The first-order valence-corrected chi connectivity index (χ1v) is 35.6. The number of rotatable bonds is 12. The summed E-state index contributed by atoms with van der Waals surface area (Å²) >= 11 is 21.2. The molecular weight excluding hydrogens is 1580 g/mol. The van der Waals surface area contributed by atoms with Crippen molar-refractivity contribution in [3.05, 3.63) is 241 Å². The molecule has 5 aromatic carbocycles. The van der Waals surface area contributed by atoms with Crippen molar-refractivity contribution in [3.63, 3.8) is 0 Å². The van der Waals surface area contributed by atoms with Gasteiger partial charge < -0.3 is 38.3 Å². The highest BCUT2D eigenvalue weighted by Gasteiger charge is 2.25. The molecule has 22 nitrogen and oxygen atoms in total. The van der Waals surface area contributed by atoms with Crippen LogP contribution in [0.5, 0.6) is 0 Å². The molecule has 30 heteroatoms. The summed E-state index contributed by atoms with van der Waals surface area (Å²) in [5.74, 6) is -1.28. The summed E-state index contributed by atoms with van der Waals surface area (Å²) in [6, 6.07) is 36.0. The normalized spacial score (nSPS) is 11.1. The number of amides is 2. The molecule has 13 rings (SSSR count). The standard InChI is InChI=1S/C21H17ClN4O2S.C16H15IN4O2S.C15H12ClN3OS.C15H12IN3O3S/c1-12-2-4-13(5-3-12)10-24-20(27)18-16-11-29-19(23)17(16)21(28)26(25-18)15-8-6-14(22)7-9-15;1-8(2)19-15(22)13-11-7-24-14(18)12(11)16(23)21(20-13)10-5-3-9(17)4-6-10;1-2-3-12-11-8-21-14(17)13(11)15(20)19(18-12)10-6-4-9(16)5-7-10;1-2-22-15(21)12-10-7-23-13(17)11(10)14(20)19(18-12)9-5-3-8(16)4-6-9/h2-9,11H,10,23H2,1H3,(H,24,27);3-8H,18H2,1-2H3,(H,19,22);2-8H,17H2,1H3;3-7H,2,17H2,1H3/b;;3-2+;. The number of benzene rings is 5. The van der Waals surface area contributed by atoms with Gasteiger partial charge in [0.05, 0.1) is 76.6 Å². The zero-order valence-electron chi connectivity index (χ0n) is 51.8. The minimum absolute atomic E-state index is 0.0379. The van der Waals surface area contributed by atoms with Crippen LogP contribution in [0.1, 0.15) is 76.0 Å². The fourth-order valence-corrected chi connectivity index (χ4v) is 13.8. The van der Waals surface area contributed by atoms with Crippen molar-refractivity contribution in [2.75, 3.05) is 29.5 Å². The van der Waals surface area contributed by atoms with Crippen LogP contribution < -0.4 is 55.8 Å². The average molecular weight is 1640 g/mol. The third-order valence-electron chi connectivity index (χ3n) is 14.3. The van der Waals surface area contributed by atoms with Crippen LogP contribution in [0.15, 0.2) is 168 Å². The van der Waals surface area contributed by atoms with Crippen molar-refractivity contribution < 1.29 is 19.1 Å². The SMILES string of the molecule is C/C=C/c1nn(-c2ccc(Cl)cc2)c(=O)c2c(N)scc12.CC(C)NC(=O)c1nn(-c2ccc(I)cc2)c(=O)c2c(N)scc12.CCOC(=O)c1nn(-c2ccc(I)cc2)c(=O)c2c(N)scc12.Cc1ccc(CNC(=O)c2nn(-c3ccc(Cl)cc3)c(=O)c3c(N)scc23)cc1. The van der Waals surface area contributed by atoms with Gasteiger partial charge in [-0.05, 0) is 189 Å². The molecule has 0 unspecified atom stereocenters. The molecule has 0 bridgehead atoms. The molecule has 0 fully saturated rings. The fourth-order valence-electron chi connectivity index (χ4n) is 9.61. The summed E-state index contributed by atoms with van der Waals surface area (Å²) in [4.78, 5) is 88.6. The smallest absolute Gasteiger partial charge is 0.359 e. The van der Waals surface area contributed by atoms with Gasteiger partial charge in [0.15, 0.2) is 17.1 Å². The maximum Gasteiger partial charge on any atom is 0.359 e. The highest BCUT2D eigenvalue weighted by Crippen LogP contribution is 2.32. The molecule has 13 aromatic rings. The zero-order chi connectivity index (χ0) is 69.5. The van der Waals surface area contributed by atoms with Gasteiger partial charge in [-0.25, -0.2) is 4.79 Å². The highest BCUT2D eigenvalue weighted by molar-refractivity contribution is 14.1. The second-order valence-electron chi connectivity index (χ2n) is 21.3. The first kappa shape index (κ1) is 70.6. The number of carbonyl (C=O) groups is 3. The largest absolute Gasteiger partial charge is 0.461 e. The van der Waals surface area contributed by atoms with Crippen molar-refractivity contribution in [1.82, 2.24) is 49.8 Å². The molecule has 8 heterocycles. The van der Waals surface area contributed by atoms with Crippen LogP contribution in [0.3, 0.4) is 0 Å². The predicted octanol–water partition coefficient (Wildman–Crippen LogP) is 13.2. The van der Waals surface area contributed by atoms with E-state index < -0.39 is 5.97 Å². The molecule has 494 valence electrons. The summed E-state index contributed by atoms with van der Waals surface area (Å²) in [6.45, 7) is 9.93. The average Bonchev–Trinajstić information content (AvgIpc) is 1.73. The summed E-state index contributed by atoms with van der Waals surface area (Å²) in [6.07, 6.45) is 3.74. The number of anilines is 4. The Labute approximate surface area is 605 Å². The predicted molar refractivity (Wildman–Crippen MR) is 410 cm³/mol. The lowest BCUT2D eigenvalue weighted by atomic mass is 10.1. The van der Waals surface area contributed by atoms with Crippen LogP contribution in [0.4, 0.5) is 20.0 Å². The molecule has 0 aliphatic heterocycles. The maximum atomic E-state index is 12.9. The van der Waals surface area contributed by atoms with E-state index in [2.05, 4.69) is 76.2 Å².